The van der Waals surface area contributed by atoms with Gasteiger partial charge in [0.15, 0.2) is 9.84 Å². The highest BCUT2D eigenvalue weighted by Gasteiger charge is 2.16. The van der Waals surface area contributed by atoms with Gasteiger partial charge in [-0.05, 0) is 30.7 Å². The molecule has 0 N–H and O–H groups in total. The second kappa shape index (κ2) is 6.62. The van der Waals surface area contributed by atoms with Crippen LogP contribution in [0.15, 0.2) is 51.8 Å². The summed E-state index contributed by atoms with van der Waals surface area (Å²) in [5, 5.41) is 0. The van der Waals surface area contributed by atoms with E-state index >= 15 is 0 Å². The van der Waals surface area contributed by atoms with Gasteiger partial charge in [-0.3, -0.25) is 0 Å². The Morgan fingerprint density at radius 1 is 1.18 bits per heavy atom. The van der Waals surface area contributed by atoms with E-state index < -0.39 is 15.8 Å². The van der Waals surface area contributed by atoms with Crippen LogP contribution >= 0.6 is 15.9 Å². The van der Waals surface area contributed by atoms with E-state index in [4.69, 9.17) is 4.74 Å². The third kappa shape index (κ3) is 3.96. The van der Waals surface area contributed by atoms with E-state index in [1.54, 1.807) is 13.0 Å². The highest BCUT2D eigenvalue weighted by molar-refractivity contribution is 9.10. The van der Waals surface area contributed by atoms with Crippen LogP contribution in [0, 0.1) is 6.92 Å². The largest absolute Gasteiger partial charge is 0.457 e. The van der Waals surface area contributed by atoms with E-state index in [0.717, 1.165) is 16.3 Å². The van der Waals surface area contributed by atoms with E-state index in [-0.39, 0.29) is 17.1 Å². The van der Waals surface area contributed by atoms with Crippen LogP contribution < -0.4 is 0 Å². The van der Waals surface area contributed by atoms with Gasteiger partial charge in [-0.25, -0.2) is 13.2 Å². The van der Waals surface area contributed by atoms with Crippen LogP contribution in [-0.2, 0) is 21.2 Å². The number of carbonyl (C=O) groups excluding carboxylic acids is 1. The molecule has 22 heavy (non-hydrogen) atoms. The molecule has 0 aromatic heterocycles. The average molecular weight is 383 g/mol. The maximum atomic E-state index is 12.2. The number of hydrogen-bond donors (Lipinski definition) is 0. The van der Waals surface area contributed by atoms with E-state index in [1.165, 1.54) is 12.1 Å². The lowest BCUT2D eigenvalue weighted by Gasteiger charge is -2.09. The third-order valence-corrected chi connectivity index (χ3v) is 5.06. The predicted octanol–water partition coefficient (Wildman–Crippen LogP) is 3.52. The molecule has 2 aromatic rings. The van der Waals surface area contributed by atoms with E-state index in [0.29, 0.717) is 5.56 Å². The molecule has 0 heterocycles. The fourth-order valence-corrected chi connectivity index (χ4v) is 2.93. The Morgan fingerprint density at radius 2 is 1.86 bits per heavy atom. The molecule has 0 bridgehead atoms. The molecule has 2 aromatic carbocycles. The topological polar surface area (TPSA) is 60.4 Å². The quantitative estimate of drug-likeness (QED) is 0.758. The zero-order chi connectivity index (χ0) is 16.3. The molecule has 0 aliphatic heterocycles. The second-order valence-corrected chi connectivity index (χ2v) is 7.79. The zero-order valence-electron chi connectivity index (χ0n) is 12.2. The van der Waals surface area contributed by atoms with Gasteiger partial charge in [0.2, 0.25) is 0 Å². The van der Waals surface area contributed by atoms with Crippen LogP contribution in [0.3, 0.4) is 0 Å². The predicted molar refractivity (Wildman–Crippen MR) is 87.6 cm³/mol. The highest BCUT2D eigenvalue weighted by Crippen LogP contribution is 2.20. The molecule has 0 saturated carbocycles. The van der Waals surface area contributed by atoms with Gasteiger partial charge in [0.05, 0.1) is 10.5 Å². The van der Waals surface area contributed by atoms with Crippen molar-refractivity contribution in [2.75, 3.05) is 6.26 Å². The van der Waals surface area contributed by atoms with Gasteiger partial charge < -0.3 is 4.74 Å². The van der Waals surface area contributed by atoms with Crippen LogP contribution in [0.2, 0.25) is 0 Å². The van der Waals surface area contributed by atoms with Gasteiger partial charge >= 0.3 is 5.97 Å². The van der Waals surface area contributed by atoms with E-state index in [2.05, 4.69) is 15.9 Å². The number of esters is 1. The van der Waals surface area contributed by atoms with Gasteiger partial charge in [0, 0.05) is 16.3 Å². The summed E-state index contributed by atoms with van der Waals surface area (Å²) in [6, 6.07) is 11.9. The maximum absolute atomic E-state index is 12.2. The number of carbonyl (C=O) groups is 1. The molecule has 0 atom stereocenters. The first-order chi connectivity index (χ1) is 10.3. The van der Waals surface area contributed by atoms with Gasteiger partial charge in [-0.1, -0.05) is 40.2 Å². The molecule has 0 aliphatic rings. The fraction of sp³-hybridized carbons (Fsp3) is 0.188. The summed E-state index contributed by atoms with van der Waals surface area (Å²) >= 11 is 3.38. The number of halogens is 1. The van der Waals surface area contributed by atoms with Crippen molar-refractivity contribution in [1.29, 1.82) is 0 Å². The number of benzene rings is 2. The molecule has 0 spiro atoms. The summed E-state index contributed by atoms with van der Waals surface area (Å²) in [4.78, 5) is 12.3. The molecule has 0 unspecified atom stereocenters. The van der Waals surface area contributed by atoms with Gasteiger partial charge in [0.25, 0.3) is 0 Å². The minimum atomic E-state index is -3.36. The Morgan fingerprint density at radius 3 is 2.50 bits per heavy atom. The average Bonchev–Trinajstić information content (AvgIpc) is 2.45. The summed E-state index contributed by atoms with van der Waals surface area (Å²) in [6.07, 6.45) is 1.11. The molecule has 0 aliphatic carbocycles. The van der Waals surface area contributed by atoms with Crippen molar-refractivity contribution in [1.82, 2.24) is 0 Å². The lowest BCUT2D eigenvalue weighted by molar-refractivity contribution is 0.0471. The summed E-state index contributed by atoms with van der Waals surface area (Å²) in [7, 11) is -3.36. The Balaban J connectivity index is 2.21. The van der Waals surface area contributed by atoms with Crippen LogP contribution in [0.1, 0.15) is 21.5 Å². The van der Waals surface area contributed by atoms with Crippen molar-refractivity contribution in [2.24, 2.45) is 0 Å². The summed E-state index contributed by atoms with van der Waals surface area (Å²) in [5.41, 5.74) is 1.77. The van der Waals surface area contributed by atoms with Crippen LogP contribution in [0.25, 0.3) is 0 Å². The molecule has 2 rings (SSSR count). The maximum Gasteiger partial charge on any atom is 0.338 e. The second-order valence-electron chi connectivity index (χ2n) is 4.92. The van der Waals surface area contributed by atoms with Crippen molar-refractivity contribution in [2.45, 2.75) is 18.4 Å². The Bertz CT molecular complexity index is 813. The minimum Gasteiger partial charge on any atom is -0.457 e. The Kier molecular flexibility index (Phi) is 5.03. The number of aryl methyl sites for hydroxylation is 1. The number of ether oxygens (including phenoxy) is 1. The van der Waals surface area contributed by atoms with Crippen molar-refractivity contribution in [3.05, 3.63) is 63.6 Å². The minimum absolute atomic E-state index is 0.103. The van der Waals surface area contributed by atoms with Gasteiger partial charge in [-0.2, -0.15) is 0 Å². The number of rotatable bonds is 4. The van der Waals surface area contributed by atoms with Gasteiger partial charge in [-0.15, -0.1) is 0 Å². The molecule has 0 amide bonds. The number of sulfone groups is 1. The monoisotopic (exact) mass is 382 g/mol. The van der Waals surface area contributed by atoms with Crippen molar-refractivity contribution in [3.63, 3.8) is 0 Å². The molecular formula is C16H15BrO4S. The van der Waals surface area contributed by atoms with E-state index in [1.807, 2.05) is 24.3 Å². The normalized spacial score (nSPS) is 11.2. The van der Waals surface area contributed by atoms with Gasteiger partial charge in [0.1, 0.15) is 6.61 Å². The van der Waals surface area contributed by atoms with Crippen molar-refractivity contribution < 1.29 is 17.9 Å². The first-order valence-corrected chi connectivity index (χ1v) is 9.18. The summed E-state index contributed by atoms with van der Waals surface area (Å²) in [5.74, 6) is -0.543. The SMILES string of the molecule is Cc1ccc(S(C)(=O)=O)cc1C(=O)OCc1ccccc1Br. The molecular weight excluding hydrogens is 368 g/mol. The highest BCUT2D eigenvalue weighted by atomic mass is 79.9. The summed E-state index contributed by atoms with van der Waals surface area (Å²) < 4.78 is 29.3. The molecule has 0 saturated heterocycles. The third-order valence-electron chi connectivity index (χ3n) is 3.17. The molecule has 6 heteroatoms. The van der Waals surface area contributed by atoms with Crippen molar-refractivity contribution >= 4 is 31.7 Å². The molecule has 0 radical (unpaired) electrons. The standard InChI is InChI=1S/C16H15BrO4S/c1-11-7-8-13(22(2,19)20)9-14(11)16(18)21-10-12-5-3-4-6-15(12)17/h3-9H,10H2,1-2H3. The summed E-state index contributed by atoms with van der Waals surface area (Å²) in [6.45, 7) is 1.85. The molecule has 4 nitrogen and oxygen atoms in total. The van der Waals surface area contributed by atoms with Crippen LogP contribution in [-0.4, -0.2) is 20.6 Å². The smallest absolute Gasteiger partial charge is 0.338 e. The fourth-order valence-electron chi connectivity index (χ4n) is 1.89. The van der Waals surface area contributed by atoms with Crippen molar-refractivity contribution in [3.8, 4) is 0 Å². The Labute approximate surface area is 138 Å². The first-order valence-electron chi connectivity index (χ1n) is 6.50. The Hall–Kier alpha value is -1.66. The van der Waals surface area contributed by atoms with E-state index in [9.17, 15) is 13.2 Å². The molecule has 0 fully saturated rings. The lowest BCUT2D eigenvalue weighted by atomic mass is 10.1. The number of hydrogen-bond acceptors (Lipinski definition) is 4. The lowest BCUT2D eigenvalue weighted by Crippen LogP contribution is -2.09. The first kappa shape index (κ1) is 16.7. The molecule has 116 valence electrons. The zero-order valence-corrected chi connectivity index (χ0v) is 14.6. The van der Waals surface area contributed by atoms with Crippen LogP contribution in [0.5, 0.6) is 0 Å². The van der Waals surface area contributed by atoms with Crippen LogP contribution in [0.4, 0.5) is 0 Å².